The predicted octanol–water partition coefficient (Wildman–Crippen LogP) is 4.10. The monoisotopic (exact) mass is 327 g/mol. The summed E-state index contributed by atoms with van der Waals surface area (Å²) in [5.41, 5.74) is 6.22. The first-order valence-electron chi connectivity index (χ1n) is 9.70. The van der Waals surface area contributed by atoms with E-state index in [0.717, 1.165) is 57.8 Å². The Labute approximate surface area is 141 Å². The van der Waals surface area contributed by atoms with E-state index in [2.05, 4.69) is 6.92 Å². The maximum Gasteiger partial charge on any atom is 0.303 e. The van der Waals surface area contributed by atoms with E-state index in [0.29, 0.717) is 17.9 Å². The van der Waals surface area contributed by atoms with Crippen molar-refractivity contribution < 1.29 is 15.0 Å². The first-order valence-corrected chi connectivity index (χ1v) is 9.70. The molecule has 1 aliphatic rings. The second-order valence-corrected chi connectivity index (χ2v) is 7.39. The van der Waals surface area contributed by atoms with Crippen molar-refractivity contribution in [2.24, 2.45) is 17.6 Å². The second-order valence-electron chi connectivity index (χ2n) is 7.39. The Hall–Kier alpha value is -0.610. The van der Waals surface area contributed by atoms with E-state index in [4.69, 9.17) is 10.8 Å². The van der Waals surface area contributed by atoms with Crippen LogP contribution in [0.4, 0.5) is 0 Å². The third-order valence-corrected chi connectivity index (χ3v) is 5.45. The average molecular weight is 328 g/mol. The Morgan fingerprint density at radius 2 is 1.87 bits per heavy atom. The van der Waals surface area contributed by atoms with Gasteiger partial charge in [0.1, 0.15) is 0 Å². The lowest BCUT2D eigenvalue weighted by Gasteiger charge is -2.23. The lowest BCUT2D eigenvalue weighted by atomic mass is 9.85. The molecule has 0 amide bonds. The molecule has 1 rings (SSSR count). The molecule has 0 aromatic carbocycles. The van der Waals surface area contributed by atoms with Crippen LogP contribution in [-0.2, 0) is 4.79 Å². The van der Waals surface area contributed by atoms with Gasteiger partial charge in [0, 0.05) is 12.5 Å². The molecule has 0 heterocycles. The minimum Gasteiger partial charge on any atom is -0.481 e. The molecule has 0 aliphatic heterocycles. The van der Waals surface area contributed by atoms with E-state index in [9.17, 15) is 9.90 Å². The standard InChI is InChI=1S/C19H37NO3/c1-2-3-5-8-16(20)13-11-15-12-14-18(21)17(15)9-6-4-7-10-19(22)23/h15-18,21H,2-14,20H2,1H3,(H,22,23)/t15-,16?,17+,18-/m0/s1. The number of aliphatic carboxylic acids is 1. The zero-order chi connectivity index (χ0) is 17.1. The summed E-state index contributed by atoms with van der Waals surface area (Å²) in [6.45, 7) is 2.21. The van der Waals surface area contributed by atoms with E-state index in [1.165, 1.54) is 19.3 Å². The van der Waals surface area contributed by atoms with Crippen molar-refractivity contribution in [1.29, 1.82) is 0 Å². The zero-order valence-corrected chi connectivity index (χ0v) is 14.9. The van der Waals surface area contributed by atoms with Crippen LogP contribution in [0.5, 0.6) is 0 Å². The van der Waals surface area contributed by atoms with Crippen LogP contribution >= 0.6 is 0 Å². The van der Waals surface area contributed by atoms with Gasteiger partial charge in [0.05, 0.1) is 6.10 Å². The van der Waals surface area contributed by atoms with Crippen LogP contribution in [-0.4, -0.2) is 28.3 Å². The van der Waals surface area contributed by atoms with Crippen LogP contribution in [0.1, 0.15) is 90.4 Å². The molecule has 0 saturated heterocycles. The van der Waals surface area contributed by atoms with Gasteiger partial charge >= 0.3 is 5.97 Å². The molecule has 136 valence electrons. The topological polar surface area (TPSA) is 83.5 Å². The summed E-state index contributed by atoms with van der Waals surface area (Å²) in [6, 6.07) is 0.315. The number of hydrogen-bond donors (Lipinski definition) is 3. The summed E-state index contributed by atoms with van der Waals surface area (Å²) in [7, 11) is 0. The van der Waals surface area contributed by atoms with Crippen molar-refractivity contribution in [1.82, 2.24) is 0 Å². The van der Waals surface area contributed by atoms with Gasteiger partial charge in [0.25, 0.3) is 0 Å². The molecule has 4 heteroatoms. The Balaban J connectivity index is 2.21. The maximum atomic E-state index is 10.5. The molecule has 1 aliphatic carbocycles. The number of carbonyl (C=O) groups is 1. The Bertz CT molecular complexity index is 322. The number of rotatable bonds is 13. The number of carboxylic acids is 1. The number of nitrogens with two attached hydrogens (primary N) is 1. The summed E-state index contributed by atoms with van der Waals surface area (Å²) in [5, 5.41) is 18.9. The van der Waals surface area contributed by atoms with Crippen molar-refractivity contribution in [2.45, 2.75) is 103 Å². The minimum atomic E-state index is -0.708. The first-order chi connectivity index (χ1) is 11.0. The third-order valence-electron chi connectivity index (χ3n) is 5.45. The molecule has 4 atom stereocenters. The summed E-state index contributed by atoms with van der Waals surface area (Å²) < 4.78 is 0. The molecular weight excluding hydrogens is 290 g/mol. The van der Waals surface area contributed by atoms with Crippen LogP contribution in [0.25, 0.3) is 0 Å². The van der Waals surface area contributed by atoms with Crippen molar-refractivity contribution in [3.63, 3.8) is 0 Å². The van der Waals surface area contributed by atoms with Gasteiger partial charge in [-0.3, -0.25) is 4.79 Å². The molecule has 0 bridgehead atoms. The molecule has 0 aromatic heterocycles. The predicted molar refractivity (Wildman–Crippen MR) is 94.3 cm³/mol. The highest BCUT2D eigenvalue weighted by Gasteiger charge is 2.34. The van der Waals surface area contributed by atoms with Crippen molar-refractivity contribution in [3.05, 3.63) is 0 Å². The van der Waals surface area contributed by atoms with Crippen LogP contribution < -0.4 is 5.73 Å². The van der Waals surface area contributed by atoms with Gasteiger partial charge in [-0.25, -0.2) is 0 Å². The highest BCUT2D eigenvalue weighted by atomic mass is 16.4. The smallest absolute Gasteiger partial charge is 0.303 e. The number of aliphatic hydroxyl groups is 1. The van der Waals surface area contributed by atoms with E-state index in [1.807, 2.05) is 0 Å². The van der Waals surface area contributed by atoms with Crippen LogP contribution in [0.2, 0.25) is 0 Å². The van der Waals surface area contributed by atoms with Gasteiger partial charge in [-0.2, -0.15) is 0 Å². The largest absolute Gasteiger partial charge is 0.481 e. The van der Waals surface area contributed by atoms with Crippen molar-refractivity contribution in [3.8, 4) is 0 Å². The highest BCUT2D eigenvalue weighted by molar-refractivity contribution is 5.66. The Morgan fingerprint density at radius 3 is 2.57 bits per heavy atom. The van der Waals surface area contributed by atoms with Gasteiger partial charge in [-0.15, -0.1) is 0 Å². The summed E-state index contributed by atoms with van der Waals surface area (Å²) >= 11 is 0. The summed E-state index contributed by atoms with van der Waals surface area (Å²) in [4.78, 5) is 10.5. The lowest BCUT2D eigenvalue weighted by Crippen LogP contribution is -2.24. The molecule has 0 aromatic rings. The fraction of sp³-hybridized carbons (Fsp3) is 0.947. The zero-order valence-electron chi connectivity index (χ0n) is 14.9. The quantitative estimate of drug-likeness (QED) is 0.445. The second kappa shape index (κ2) is 11.9. The first kappa shape index (κ1) is 20.4. The van der Waals surface area contributed by atoms with Gasteiger partial charge in [0.15, 0.2) is 0 Å². The molecule has 1 unspecified atom stereocenters. The van der Waals surface area contributed by atoms with Gasteiger partial charge in [-0.1, -0.05) is 39.0 Å². The fourth-order valence-electron chi connectivity index (χ4n) is 3.98. The molecule has 4 nitrogen and oxygen atoms in total. The molecule has 4 N–H and O–H groups in total. The average Bonchev–Trinajstić information content (AvgIpc) is 2.85. The fourth-order valence-corrected chi connectivity index (χ4v) is 3.98. The van der Waals surface area contributed by atoms with Crippen LogP contribution in [0, 0.1) is 11.8 Å². The molecule has 1 saturated carbocycles. The lowest BCUT2D eigenvalue weighted by molar-refractivity contribution is -0.137. The van der Waals surface area contributed by atoms with Gasteiger partial charge in [0.2, 0.25) is 0 Å². The van der Waals surface area contributed by atoms with E-state index >= 15 is 0 Å². The number of unbranched alkanes of at least 4 members (excludes halogenated alkanes) is 4. The SMILES string of the molecule is CCCCCC(N)CC[C@H]1CC[C@H](O)[C@@H]1CCCCCC(=O)O. The normalized spacial score (nSPS) is 25.6. The minimum absolute atomic E-state index is 0.157. The highest BCUT2D eigenvalue weighted by Crippen LogP contribution is 2.38. The molecule has 1 fully saturated rings. The van der Waals surface area contributed by atoms with E-state index < -0.39 is 5.97 Å². The number of aliphatic hydroxyl groups excluding tert-OH is 1. The van der Waals surface area contributed by atoms with Crippen molar-refractivity contribution in [2.75, 3.05) is 0 Å². The Kier molecular flexibility index (Phi) is 10.5. The van der Waals surface area contributed by atoms with Crippen LogP contribution in [0.3, 0.4) is 0 Å². The van der Waals surface area contributed by atoms with Crippen LogP contribution in [0.15, 0.2) is 0 Å². The van der Waals surface area contributed by atoms with Gasteiger partial charge in [-0.05, 0) is 56.8 Å². The summed E-state index contributed by atoms with van der Waals surface area (Å²) in [5.74, 6) is 0.310. The van der Waals surface area contributed by atoms with Gasteiger partial charge < -0.3 is 15.9 Å². The van der Waals surface area contributed by atoms with Crippen molar-refractivity contribution >= 4 is 5.97 Å². The maximum absolute atomic E-state index is 10.5. The van der Waals surface area contributed by atoms with E-state index in [1.54, 1.807) is 0 Å². The number of hydrogen-bond acceptors (Lipinski definition) is 3. The Morgan fingerprint density at radius 1 is 1.09 bits per heavy atom. The molecular formula is C19H37NO3. The molecule has 0 spiro atoms. The number of carboxylic acid groups (broad SMARTS) is 1. The summed E-state index contributed by atoms with van der Waals surface area (Å²) in [6.07, 6.45) is 13.0. The van der Waals surface area contributed by atoms with E-state index in [-0.39, 0.29) is 12.5 Å². The third kappa shape index (κ3) is 8.71. The molecule has 0 radical (unpaired) electrons. The molecule has 23 heavy (non-hydrogen) atoms.